The highest BCUT2D eigenvalue weighted by Crippen LogP contribution is 2.23. The van der Waals surface area contributed by atoms with Crippen LogP contribution in [0.3, 0.4) is 0 Å². The highest BCUT2D eigenvalue weighted by atomic mass is 35.5. The topological polar surface area (TPSA) is 58.6 Å². The number of carbonyl (C=O) groups excluding carboxylic acids is 2. The molecule has 27 heavy (non-hydrogen) atoms. The van der Waals surface area contributed by atoms with E-state index in [1.54, 1.807) is 45.9 Å². The van der Waals surface area contributed by atoms with Gasteiger partial charge in [0.2, 0.25) is 0 Å². The molecule has 1 N–H and O–H groups in total. The van der Waals surface area contributed by atoms with Gasteiger partial charge in [0.15, 0.2) is 0 Å². The summed E-state index contributed by atoms with van der Waals surface area (Å²) in [7, 11) is 1.51. The van der Waals surface area contributed by atoms with Gasteiger partial charge in [-0.25, -0.2) is 9.40 Å². The lowest BCUT2D eigenvalue weighted by Gasteiger charge is -2.35. The number of rotatable bonds is 3. The van der Waals surface area contributed by atoms with E-state index in [1.165, 1.54) is 19.2 Å². The van der Waals surface area contributed by atoms with E-state index >= 15 is 0 Å². The van der Waals surface area contributed by atoms with Crippen molar-refractivity contribution in [1.29, 1.82) is 0 Å². The molecular formula is C20H22ClFN2O3. The van der Waals surface area contributed by atoms with Crippen molar-refractivity contribution in [3.05, 3.63) is 63.9 Å². The summed E-state index contributed by atoms with van der Waals surface area (Å²) in [5.74, 6) is -1.37. The van der Waals surface area contributed by atoms with Gasteiger partial charge in [0.25, 0.3) is 11.8 Å². The molecule has 2 aromatic carbocycles. The van der Waals surface area contributed by atoms with Crippen LogP contribution >= 0.6 is 11.6 Å². The number of nitrogens with one attached hydrogen (secondary N) is 1. The number of nitrogens with zero attached hydrogens (tertiary/aromatic N) is 1. The van der Waals surface area contributed by atoms with Gasteiger partial charge in [-0.15, -0.1) is 0 Å². The molecule has 144 valence electrons. The summed E-state index contributed by atoms with van der Waals surface area (Å²) in [4.78, 5) is 25.7. The quantitative estimate of drug-likeness (QED) is 0.788. The molecule has 0 aliphatic heterocycles. The van der Waals surface area contributed by atoms with Crippen LogP contribution in [0.15, 0.2) is 36.4 Å². The maximum Gasteiger partial charge on any atom is 0.275 e. The number of hydrazine groups is 1. The lowest BCUT2D eigenvalue weighted by atomic mass is 10.1. The fraction of sp³-hybridized carbons (Fsp3) is 0.300. The van der Waals surface area contributed by atoms with Crippen LogP contribution in [-0.4, -0.2) is 29.5 Å². The van der Waals surface area contributed by atoms with Crippen LogP contribution in [0, 0.1) is 12.7 Å². The van der Waals surface area contributed by atoms with Gasteiger partial charge in [-0.05, 0) is 58.0 Å². The van der Waals surface area contributed by atoms with Crippen LogP contribution in [0.1, 0.15) is 47.1 Å². The zero-order valence-corrected chi connectivity index (χ0v) is 16.6. The van der Waals surface area contributed by atoms with E-state index in [0.717, 1.165) is 11.1 Å². The van der Waals surface area contributed by atoms with Crippen LogP contribution in [-0.2, 0) is 0 Å². The maximum atomic E-state index is 14.2. The molecule has 0 aromatic heterocycles. The predicted molar refractivity (Wildman–Crippen MR) is 103 cm³/mol. The van der Waals surface area contributed by atoms with Crippen molar-refractivity contribution in [3.63, 3.8) is 0 Å². The van der Waals surface area contributed by atoms with Crippen LogP contribution in [0.4, 0.5) is 4.39 Å². The summed E-state index contributed by atoms with van der Waals surface area (Å²) in [6.45, 7) is 6.95. The number of hydrogen-bond donors (Lipinski definition) is 1. The first kappa shape index (κ1) is 20.7. The van der Waals surface area contributed by atoms with Crippen molar-refractivity contribution < 1.29 is 18.7 Å². The summed E-state index contributed by atoms with van der Waals surface area (Å²) in [6.07, 6.45) is 0. The van der Waals surface area contributed by atoms with Gasteiger partial charge in [-0.2, -0.15) is 0 Å². The second kappa shape index (κ2) is 7.96. The normalized spacial score (nSPS) is 11.1. The minimum atomic E-state index is -0.800. The molecule has 0 aliphatic carbocycles. The molecular weight excluding hydrogens is 371 g/mol. The summed E-state index contributed by atoms with van der Waals surface area (Å²) >= 11 is 5.75. The Morgan fingerprint density at radius 3 is 2.37 bits per heavy atom. The van der Waals surface area contributed by atoms with E-state index in [2.05, 4.69) is 5.43 Å². The summed E-state index contributed by atoms with van der Waals surface area (Å²) in [5.41, 5.74) is 2.60. The summed E-state index contributed by atoms with van der Waals surface area (Å²) in [6, 6.07) is 8.82. The smallest absolute Gasteiger partial charge is 0.275 e. The van der Waals surface area contributed by atoms with E-state index in [4.69, 9.17) is 16.3 Å². The van der Waals surface area contributed by atoms with Crippen molar-refractivity contribution in [2.24, 2.45) is 0 Å². The number of methoxy groups -OCH3 is 1. The maximum absolute atomic E-state index is 14.2. The van der Waals surface area contributed by atoms with Crippen molar-refractivity contribution in [2.75, 3.05) is 7.11 Å². The van der Waals surface area contributed by atoms with Gasteiger partial charge in [0, 0.05) is 16.1 Å². The van der Waals surface area contributed by atoms with E-state index in [-0.39, 0.29) is 10.6 Å². The molecule has 2 amide bonds. The summed E-state index contributed by atoms with van der Waals surface area (Å²) < 4.78 is 19.4. The molecule has 0 unspecified atom stereocenters. The molecule has 2 aromatic rings. The van der Waals surface area contributed by atoms with Crippen LogP contribution in [0.2, 0.25) is 5.02 Å². The number of hydrogen-bond acceptors (Lipinski definition) is 3. The first-order valence-corrected chi connectivity index (χ1v) is 8.68. The molecule has 0 fully saturated rings. The van der Waals surface area contributed by atoms with Gasteiger partial charge < -0.3 is 4.74 Å². The standard InChI is InChI=1S/C20H22ClFN2O3/c1-12-14(7-6-8-17(12)27-5)18(25)23-24(20(2,3)4)19(26)15-10-9-13(21)11-16(15)22/h6-11H,1-5H3,(H,23,25). The van der Waals surface area contributed by atoms with Crippen LogP contribution in [0.5, 0.6) is 5.75 Å². The van der Waals surface area contributed by atoms with E-state index < -0.39 is 23.2 Å². The first-order valence-electron chi connectivity index (χ1n) is 8.30. The van der Waals surface area contributed by atoms with Gasteiger partial charge in [-0.3, -0.25) is 15.0 Å². The molecule has 7 heteroatoms. The molecule has 0 saturated carbocycles. The van der Waals surface area contributed by atoms with Crippen molar-refractivity contribution >= 4 is 23.4 Å². The molecule has 0 atom stereocenters. The van der Waals surface area contributed by atoms with E-state index in [1.807, 2.05) is 0 Å². The second-order valence-corrected chi connectivity index (χ2v) is 7.45. The average molecular weight is 393 g/mol. The average Bonchev–Trinajstić information content (AvgIpc) is 2.58. The van der Waals surface area contributed by atoms with Gasteiger partial charge in [0.05, 0.1) is 18.2 Å². The van der Waals surface area contributed by atoms with E-state index in [9.17, 15) is 14.0 Å². The zero-order chi connectivity index (χ0) is 20.4. The molecule has 0 radical (unpaired) electrons. The number of carbonyl (C=O) groups is 2. The minimum absolute atomic E-state index is 0.183. The highest BCUT2D eigenvalue weighted by molar-refractivity contribution is 6.30. The lowest BCUT2D eigenvalue weighted by molar-refractivity contribution is 0.0354. The second-order valence-electron chi connectivity index (χ2n) is 7.01. The Kier molecular flexibility index (Phi) is 6.11. The molecule has 0 aliphatic rings. The number of ether oxygens (including phenoxy) is 1. The monoisotopic (exact) mass is 392 g/mol. The fourth-order valence-corrected chi connectivity index (χ4v) is 2.71. The largest absolute Gasteiger partial charge is 0.496 e. The Balaban J connectivity index is 2.38. The predicted octanol–water partition coefficient (Wildman–Crippen LogP) is 4.38. The Hall–Kier alpha value is -2.60. The Labute approximate surface area is 163 Å². The first-order chi connectivity index (χ1) is 12.6. The highest BCUT2D eigenvalue weighted by Gasteiger charge is 2.31. The minimum Gasteiger partial charge on any atom is -0.496 e. The Bertz CT molecular complexity index is 878. The Morgan fingerprint density at radius 2 is 1.81 bits per heavy atom. The van der Waals surface area contributed by atoms with Gasteiger partial charge in [-0.1, -0.05) is 17.7 Å². The molecule has 0 spiro atoms. The number of amides is 2. The molecule has 0 heterocycles. The van der Waals surface area contributed by atoms with E-state index in [0.29, 0.717) is 16.9 Å². The van der Waals surface area contributed by atoms with Crippen molar-refractivity contribution in [1.82, 2.24) is 10.4 Å². The third-order valence-corrected chi connectivity index (χ3v) is 4.23. The van der Waals surface area contributed by atoms with Crippen molar-refractivity contribution in [3.8, 4) is 5.75 Å². The summed E-state index contributed by atoms with van der Waals surface area (Å²) in [5, 5.41) is 1.29. The van der Waals surface area contributed by atoms with Gasteiger partial charge >= 0.3 is 0 Å². The van der Waals surface area contributed by atoms with Crippen LogP contribution < -0.4 is 10.2 Å². The van der Waals surface area contributed by atoms with Crippen molar-refractivity contribution in [2.45, 2.75) is 33.2 Å². The zero-order valence-electron chi connectivity index (χ0n) is 15.9. The third-order valence-electron chi connectivity index (χ3n) is 4.00. The molecule has 5 nitrogen and oxygen atoms in total. The molecule has 0 bridgehead atoms. The fourth-order valence-electron chi connectivity index (χ4n) is 2.55. The lowest BCUT2D eigenvalue weighted by Crippen LogP contribution is -2.56. The SMILES string of the molecule is COc1cccc(C(=O)NN(C(=O)c2ccc(Cl)cc2F)C(C)(C)C)c1C. The van der Waals surface area contributed by atoms with Gasteiger partial charge in [0.1, 0.15) is 11.6 Å². The number of benzene rings is 2. The van der Waals surface area contributed by atoms with Crippen LogP contribution in [0.25, 0.3) is 0 Å². The number of halogens is 2. The molecule has 0 saturated heterocycles. The Morgan fingerprint density at radius 1 is 1.15 bits per heavy atom. The molecule has 2 rings (SSSR count). The third kappa shape index (κ3) is 4.57.